The summed E-state index contributed by atoms with van der Waals surface area (Å²) in [5.74, 6) is 1.52. The molecule has 0 heterocycles. The number of nitrogens with zero attached hydrogens (tertiary/aromatic N) is 1. The van der Waals surface area contributed by atoms with Crippen molar-refractivity contribution < 1.29 is 19.1 Å². The largest absolute Gasteiger partial charge is 0.463 e. The van der Waals surface area contributed by atoms with Crippen molar-refractivity contribution in [3.05, 3.63) is 0 Å². The van der Waals surface area contributed by atoms with Crippen molar-refractivity contribution in [1.82, 2.24) is 5.32 Å². The van der Waals surface area contributed by atoms with E-state index >= 15 is 0 Å². The van der Waals surface area contributed by atoms with Crippen molar-refractivity contribution in [3.63, 3.8) is 0 Å². The Labute approximate surface area is 211 Å². The number of hydrogen-bond donors (Lipinski definition) is 1. The van der Waals surface area contributed by atoms with Gasteiger partial charge in [-0.2, -0.15) is 5.26 Å². The molecule has 4 rings (SSSR count). The molecule has 4 aliphatic rings. The molecule has 4 fully saturated rings. The number of hydrogen-bond acceptors (Lipinski definition) is 6. The van der Waals surface area contributed by atoms with Gasteiger partial charge in [0.25, 0.3) is 0 Å². The van der Waals surface area contributed by atoms with Gasteiger partial charge in [0.05, 0.1) is 12.0 Å². The van der Waals surface area contributed by atoms with Crippen LogP contribution in [0, 0.1) is 51.8 Å². The fourth-order valence-corrected chi connectivity index (χ4v) is 8.99. The van der Waals surface area contributed by atoms with Gasteiger partial charge in [0.2, 0.25) is 0 Å². The highest BCUT2D eigenvalue weighted by molar-refractivity contribution is 5.76. The van der Waals surface area contributed by atoms with Crippen molar-refractivity contribution in [1.29, 1.82) is 5.26 Å². The molecular formula is C29H46N2O4. The van der Waals surface area contributed by atoms with Crippen LogP contribution in [0.4, 0.5) is 0 Å². The molecular weight excluding hydrogens is 440 g/mol. The van der Waals surface area contributed by atoms with Crippen molar-refractivity contribution in [2.24, 2.45) is 40.4 Å². The number of ether oxygens (including phenoxy) is 2. The number of fused-ring (bicyclic) bond motifs is 5. The summed E-state index contributed by atoms with van der Waals surface area (Å²) in [7, 11) is 1.85. The molecule has 0 amide bonds. The second kappa shape index (κ2) is 10.4. The summed E-state index contributed by atoms with van der Waals surface area (Å²) in [4.78, 5) is 25.0. The van der Waals surface area contributed by atoms with Crippen LogP contribution in [0.15, 0.2) is 0 Å². The highest BCUT2D eigenvalue weighted by atomic mass is 16.5. The predicted molar refractivity (Wildman–Crippen MR) is 134 cm³/mol. The number of carbonyl (C=O) groups is 2. The maximum absolute atomic E-state index is 13.4. The number of nitriles is 1. The fraction of sp³-hybridized carbons (Fsp3) is 0.897. The Kier molecular flexibility index (Phi) is 7.86. The van der Waals surface area contributed by atoms with E-state index in [1.54, 1.807) is 0 Å². The van der Waals surface area contributed by atoms with Crippen LogP contribution in [-0.4, -0.2) is 37.2 Å². The lowest BCUT2D eigenvalue weighted by molar-refractivity contribution is -0.201. The Morgan fingerprint density at radius 3 is 2.54 bits per heavy atom. The van der Waals surface area contributed by atoms with Crippen molar-refractivity contribution in [2.45, 2.75) is 117 Å². The molecule has 0 aromatic rings. The minimum atomic E-state index is -0.277. The summed E-state index contributed by atoms with van der Waals surface area (Å²) >= 11 is 0. The zero-order valence-corrected chi connectivity index (χ0v) is 22.5. The van der Waals surface area contributed by atoms with Crippen molar-refractivity contribution in [3.8, 4) is 6.07 Å². The third-order valence-electron chi connectivity index (χ3n) is 10.8. The van der Waals surface area contributed by atoms with Gasteiger partial charge in [-0.3, -0.25) is 9.59 Å². The molecule has 0 spiro atoms. The first-order valence-electron chi connectivity index (χ1n) is 14.1. The Balaban J connectivity index is 1.63. The molecule has 0 aromatic carbocycles. The molecule has 0 aliphatic heterocycles. The highest BCUT2D eigenvalue weighted by Gasteiger charge is 2.64. The summed E-state index contributed by atoms with van der Waals surface area (Å²) < 4.78 is 12.1. The molecule has 0 bridgehead atoms. The van der Waals surface area contributed by atoms with Crippen LogP contribution >= 0.6 is 0 Å². The van der Waals surface area contributed by atoms with E-state index in [4.69, 9.17) is 9.47 Å². The predicted octanol–water partition coefficient (Wildman–Crippen LogP) is 5.40. The van der Waals surface area contributed by atoms with Crippen LogP contribution in [0.1, 0.15) is 98.3 Å². The number of esters is 2. The van der Waals surface area contributed by atoms with Gasteiger partial charge in [0.1, 0.15) is 18.2 Å². The number of unbranched alkanes of at least 4 members (excludes halogenated alkanes) is 1. The molecule has 0 aromatic heterocycles. The Morgan fingerprint density at radius 2 is 1.89 bits per heavy atom. The number of likely N-dealkylation sites (N-methyl/N-ethyl adjacent to an activating group) is 1. The van der Waals surface area contributed by atoms with Crippen LogP contribution in [0.2, 0.25) is 0 Å². The van der Waals surface area contributed by atoms with Gasteiger partial charge in [0, 0.05) is 12.8 Å². The molecule has 4 aliphatic carbocycles. The quantitative estimate of drug-likeness (QED) is 0.485. The highest BCUT2D eigenvalue weighted by Crippen LogP contribution is 2.68. The van der Waals surface area contributed by atoms with Crippen molar-refractivity contribution in [2.75, 3.05) is 7.05 Å². The van der Waals surface area contributed by atoms with Gasteiger partial charge in [-0.25, -0.2) is 0 Å². The van der Waals surface area contributed by atoms with Crippen LogP contribution in [0.5, 0.6) is 0 Å². The Hall–Kier alpha value is -1.61. The first-order valence-corrected chi connectivity index (χ1v) is 14.1. The van der Waals surface area contributed by atoms with E-state index in [9.17, 15) is 14.9 Å². The second-order valence-electron chi connectivity index (χ2n) is 12.5. The zero-order chi connectivity index (χ0) is 25.4. The van der Waals surface area contributed by atoms with E-state index in [-0.39, 0.29) is 46.9 Å². The fourth-order valence-electron chi connectivity index (χ4n) is 8.99. The molecule has 0 saturated heterocycles. The van der Waals surface area contributed by atoms with Gasteiger partial charge in [0.15, 0.2) is 0 Å². The van der Waals surface area contributed by atoms with E-state index in [2.05, 4.69) is 32.2 Å². The van der Waals surface area contributed by atoms with Gasteiger partial charge < -0.3 is 14.8 Å². The van der Waals surface area contributed by atoms with E-state index in [0.717, 1.165) is 70.6 Å². The van der Waals surface area contributed by atoms with E-state index in [0.29, 0.717) is 23.7 Å². The Bertz CT molecular complexity index is 839. The molecule has 4 saturated carbocycles. The minimum absolute atomic E-state index is 0.00847. The topological polar surface area (TPSA) is 88.4 Å². The van der Waals surface area contributed by atoms with Gasteiger partial charge >= 0.3 is 11.9 Å². The number of rotatable bonds is 7. The van der Waals surface area contributed by atoms with Crippen LogP contribution in [0.25, 0.3) is 0 Å². The average Bonchev–Trinajstić information content (AvgIpc) is 3.15. The monoisotopic (exact) mass is 486 g/mol. The zero-order valence-electron chi connectivity index (χ0n) is 22.5. The normalized spacial score (nSPS) is 43.1. The van der Waals surface area contributed by atoms with Crippen LogP contribution in [-0.2, 0) is 19.1 Å². The van der Waals surface area contributed by atoms with Gasteiger partial charge in [-0.1, -0.05) is 33.6 Å². The molecule has 1 N–H and O–H groups in total. The third-order valence-corrected chi connectivity index (χ3v) is 10.8. The molecule has 196 valence electrons. The van der Waals surface area contributed by atoms with Gasteiger partial charge in [-0.15, -0.1) is 0 Å². The van der Waals surface area contributed by atoms with Gasteiger partial charge in [-0.05, 0) is 93.4 Å². The lowest BCUT2D eigenvalue weighted by atomic mass is 9.44. The summed E-state index contributed by atoms with van der Waals surface area (Å²) in [5.41, 5.74) is -0.0211. The lowest BCUT2D eigenvalue weighted by Gasteiger charge is -2.62. The summed E-state index contributed by atoms with van der Waals surface area (Å²) in [6.45, 7) is 8.37. The SMILES string of the molecule is CCCCC(NC)C(=O)O[C@H]1C[C@]2(C)[C@@H](C#N)CC[C@H]2[C@@H]2CC[C@H]3C[C@H](OC(C)=O)CC[C@]3(C)[C@H]21. The minimum Gasteiger partial charge on any atom is -0.463 e. The first-order chi connectivity index (χ1) is 16.7. The number of carbonyl (C=O) groups excluding carboxylic acids is 2. The summed E-state index contributed by atoms with van der Waals surface area (Å²) in [6.07, 6.45) is 10.6. The van der Waals surface area contributed by atoms with Crippen molar-refractivity contribution >= 4 is 11.9 Å². The molecule has 35 heavy (non-hydrogen) atoms. The average molecular weight is 487 g/mol. The molecule has 1 unspecified atom stereocenters. The standard InChI is InChI=1S/C29H46N2O4/c1-6-7-8-24(31-5)27(33)35-25-16-29(4)20(17-30)10-12-23(29)22-11-9-19-15-21(34-18(2)32)13-14-28(19,3)26(22)25/h19-26,31H,6-16H2,1-5H3/t19-,20+,21+,22-,23-,24?,25-,26+,28-,29+/m0/s1. The Morgan fingerprint density at radius 1 is 1.11 bits per heavy atom. The smallest absolute Gasteiger partial charge is 0.323 e. The van der Waals surface area contributed by atoms with E-state index in [1.165, 1.54) is 6.92 Å². The first kappa shape index (κ1) is 26.5. The molecule has 10 atom stereocenters. The van der Waals surface area contributed by atoms with E-state index < -0.39 is 0 Å². The van der Waals surface area contributed by atoms with E-state index in [1.807, 2.05) is 7.05 Å². The molecule has 6 nitrogen and oxygen atoms in total. The molecule has 0 radical (unpaired) electrons. The maximum Gasteiger partial charge on any atom is 0.323 e. The number of nitrogens with one attached hydrogen (secondary N) is 1. The van der Waals surface area contributed by atoms with Crippen LogP contribution < -0.4 is 5.32 Å². The summed E-state index contributed by atoms with van der Waals surface area (Å²) in [6, 6.07) is 2.35. The molecule has 6 heteroatoms. The maximum atomic E-state index is 13.4. The lowest BCUT2D eigenvalue weighted by Crippen LogP contribution is -2.60. The third kappa shape index (κ3) is 4.75. The second-order valence-corrected chi connectivity index (χ2v) is 12.5. The van der Waals surface area contributed by atoms with Crippen LogP contribution in [0.3, 0.4) is 0 Å². The summed E-state index contributed by atoms with van der Waals surface area (Å²) in [5, 5.41) is 13.2.